The van der Waals surface area contributed by atoms with E-state index in [0.717, 1.165) is 4.47 Å². The highest BCUT2D eigenvalue weighted by atomic mass is 79.9. The van der Waals surface area contributed by atoms with Crippen LogP contribution in [0.2, 0.25) is 5.02 Å². The van der Waals surface area contributed by atoms with Crippen molar-refractivity contribution in [3.05, 3.63) is 45.8 Å². The van der Waals surface area contributed by atoms with E-state index in [0.29, 0.717) is 10.7 Å². The van der Waals surface area contributed by atoms with E-state index in [9.17, 15) is 4.79 Å². The summed E-state index contributed by atoms with van der Waals surface area (Å²) < 4.78 is 0.811. The third kappa shape index (κ3) is 2.96. The lowest BCUT2D eigenvalue weighted by Crippen LogP contribution is -2.14. The Bertz CT molecular complexity index is 588. The van der Waals surface area contributed by atoms with Crippen molar-refractivity contribution >= 4 is 44.9 Å². The SMILES string of the molecule is Nc1cnc(C(=O)Nc2cc(Br)ccc2Cl)cn1. The molecule has 1 heterocycles. The largest absolute Gasteiger partial charge is 0.382 e. The highest BCUT2D eigenvalue weighted by molar-refractivity contribution is 9.10. The maximum atomic E-state index is 11.9. The summed E-state index contributed by atoms with van der Waals surface area (Å²) in [6, 6.07) is 5.15. The summed E-state index contributed by atoms with van der Waals surface area (Å²) in [6.07, 6.45) is 2.62. The van der Waals surface area contributed by atoms with E-state index < -0.39 is 5.91 Å². The van der Waals surface area contributed by atoms with Crippen LogP contribution >= 0.6 is 27.5 Å². The van der Waals surface area contributed by atoms with Crippen LogP contribution in [0.25, 0.3) is 0 Å². The first-order chi connectivity index (χ1) is 8.56. The fourth-order valence-corrected chi connectivity index (χ4v) is 1.76. The Hall–Kier alpha value is -1.66. The van der Waals surface area contributed by atoms with Crippen molar-refractivity contribution in [3.8, 4) is 0 Å². The maximum absolute atomic E-state index is 11.9. The number of amides is 1. The lowest BCUT2D eigenvalue weighted by molar-refractivity contribution is 0.102. The average Bonchev–Trinajstić information content (AvgIpc) is 2.34. The zero-order valence-corrected chi connectivity index (χ0v) is 11.4. The minimum Gasteiger partial charge on any atom is -0.382 e. The van der Waals surface area contributed by atoms with Crippen LogP contribution in [0.15, 0.2) is 35.1 Å². The van der Waals surface area contributed by atoms with Crippen molar-refractivity contribution < 1.29 is 4.79 Å². The van der Waals surface area contributed by atoms with Gasteiger partial charge in [-0.2, -0.15) is 0 Å². The lowest BCUT2D eigenvalue weighted by atomic mass is 10.3. The molecule has 18 heavy (non-hydrogen) atoms. The van der Waals surface area contributed by atoms with Crippen molar-refractivity contribution in [3.63, 3.8) is 0 Å². The minimum absolute atomic E-state index is 0.167. The lowest BCUT2D eigenvalue weighted by Gasteiger charge is -2.07. The molecule has 1 amide bonds. The van der Waals surface area contributed by atoms with Gasteiger partial charge in [0.1, 0.15) is 11.5 Å². The molecule has 0 unspecified atom stereocenters. The predicted molar refractivity (Wildman–Crippen MR) is 73.5 cm³/mol. The smallest absolute Gasteiger partial charge is 0.275 e. The number of hydrogen-bond donors (Lipinski definition) is 2. The Labute approximate surface area is 117 Å². The van der Waals surface area contributed by atoms with Crippen molar-refractivity contribution in [2.24, 2.45) is 0 Å². The van der Waals surface area contributed by atoms with Gasteiger partial charge in [-0.1, -0.05) is 27.5 Å². The molecule has 0 atom stereocenters. The van der Waals surface area contributed by atoms with Gasteiger partial charge in [0.15, 0.2) is 0 Å². The summed E-state index contributed by atoms with van der Waals surface area (Å²) >= 11 is 9.26. The first-order valence-electron chi connectivity index (χ1n) is 4.90. The van der Waals surface area contributed by atoms with Gasteiger partial charge in [-0.3, -0.25) is 4.79 Å². The molecule has 7 heteroatoms. The molecule has 2 aromatic rings. The van der Waals surface area contributed by atoms with Crippen molar-refractivity contribution in [2.75, 3.05) is 11.1 Å². The molecular formula is C11H8BrClN4O. The molecule has 92 valence electrons. The molecule has 1 aromatic heterocycles. The fourth-order valence-electron chi connectivity index (χ4n) is 1.23. The molecule has 0 aliphatic heterocycles. The molecule has 0 saturated carbocycles. The van der Waals surface area contributed by atoms with Gasteiger partial charge < -0.3 is 11.1 Å². The monoisotopic (exact) mass is 326 g/mol. The fraction of sp³-hybridized carbons (Fsp3) is 0. The van der Waals surface area contributed by atoms with Crippen molar-refractivity contribution in [2.45, 2.75) is 0 Å². The molecule has 3 N–H and O–H groups in total. The normalized spacial score (nSPS) is 10.1. The third-order valence-electron chi connectivity index (χ3n) is 2.08. The first-order valence-corrected chi connectivity index (χ1v) is 6.07. The molecule has 0 saturated heterocycles. The van der Waals surface area contributed by atoms with Crippen LogP contribution in [0.3, 0.4) is 0 Å². The summed E-state index contributed by atoms with van der Waals surface area (Å²) in [5.74, 6) is -0.144. The Morgan fingerprint density at radius 3 is 2.78 bits per heavy atom. The van der Waals surface area contributed by atoms with Gasteiger partial charge in [0.25, 0.3) is 5.91 Å². The highest BCUT2D eigenvalue weighted by Crippen LogP contribution is 2.25. The third-order valence-corrected chi connectivity index (χ3v) is 2.90. The molecule has 0 radical (unpaired) electrons. The van der Waals surface area contributed by atoms with E-state index in [1.807, 2.05) is 0 Å². The number of nitrogen functional groups attached to an aromatic ring is 1. The zero-order valence-electron chi connectivity index (χ0n) is 9.02. The second kappa shape index (κ2) is 5.32. The van der Waals surface area contributed by atoms with Crippen LogP contribution in [-0.4, -0.2) is 15.9 Å². The molecule has 0 aliphatic rings. The summed E-state index contributed by atoms with van der Waals surface area (Å²) in [4.78, 5) is 19.5. The van der Waals surface area contributed by atoms with E-state index in [-0.39, 0.29) is 11.5 Å². The standard InChI is InChI=1S/C11H8BrClN4O/c12-6-1-2-7(13)8(3-6)17-11(18)9-4-16-10(14)5-15-9/h1-5H,(H2,14,16)(H,17,18). The number of nitrogens with one attached hydrogen (secondary N) is 1. The number of anilines is 2. The highest BCUT2D eigenvalue weighted by Gasteiger charge is 2.10. The maximum Gasteiger partial charge on any atom is 0.275 e. The summed E-state index contributed by atoms with van der Waals surface area (Å²) in [5, 5.41) is 3.08. The van der Waals surface area contributed by atoms with Crippen LogP contribution < -0.4 is 11.1 Å². The number of hydrogen-bond acceptors (Lipinski definition) is 4. The number of carbonyl (C=O) groups excluding carboxylic acids is 1. The summed E-state index contributed by atoms with van der Waals surface area (Å²) in [6.45, 7) is 0. The second-order valence-electron chi connectivity index (χ2n) is 3.40. The van der Waals surface area contributed by atoms with Gasteiger partial charge in [0.2, 0.25) is 0 Å². The molecule has 1 aromatic carbocycles. The van der Waals surface area contributed by atoms with Crippen LogP contribution in [-0.2, 0) is 0 Å². The summed E-state index contributed by atoms with van der Waals surface area (Å²) in [5.41, 5.74) is 6.05. The summed E-state index contributed by atoms with van der Waals surface area (Å²) in [7, 11) is 0. The van der Waals surface area contributed by atoms with Gasteiger partial charge in [-0.05, 0) is 18.2 Å². The Balaban J connectivity index is 2.21. The van der Waals surface area contributed by atoms with Crippen LogP contribution in [0.5, 0.6) is 0 Å². The molecule has 5 nitrogen and oxygen atoms in total. The van der Waals surface area contributed by atoms with Gasteiger partial charge in [0, 0.05) is 4.47 Å². The number of nitrogens with two attached hydrogens (primary N) is 1. The van der Waals surface area contributed by atoms with Gasteiger partial charge >= 0.3 is 0 Å². The molecule has 0 fully saturated rings. The van der Waals surface area contributed by atoms with Gasteiger partial charge in [0.05, 0.1) is 23.1 Å². The van der Waals surface area contributed by atoms with E-state index in [1.165, 1.54) is 12.4 Å². The number of carbonyl (C=O) groups is 1. The molecule has 0 spiro atoms. The van der Waals surface area contributed by atoms with Crippen molar-refractivity contribution in [1.29, 1.82) is 0 Å². The van der Waals surface area contributed by atoms with E-state index in [4.69, 9.17) is 17.3 Å². The van der Waals surface area contributed by atoms with Crippen LogP contribution in [0, 0.1) is 0 Å². The quantitative estimate of drug-likeness (QED) is 0.888. The molecule has 0 aliphatic carbocycles. The van der Waals surface area contributed by atoms with Crippen LogP contribution in [0.1, 0.15) is 10.5 Å². The second-order valence-corrected chi connectivity index (χ2v) is 4.73. The Morgan fingerprint density at radius 2 is 2.11 bits per heavy atom. The first kappa shape index (κ1) is 12.8. The van der Waals surface area contributed by atoms with E-state index in [2.05, 4.69) is 31.2 Å². The predicted octanol–water partition coefficient (Wildman–Crippen LogP) is 2.73. The number of rotatable bonds is 2. The van der Waals surface area contributed by atoms with Crippen molar-refractivity contribution in [1.82, 2.24) is 9.97 Å². The topological polar surface area (TPSA) is 80.9 Å². The molecular weight excluding hydrogens is 320 g/mol. The number of halogens is 2. The van der Waals surface area contributed by atoms with Gasteiger partial charge in [-0.15, -0.1) is 0 Å². The Kier molecular flexibility index (Phi) is 3.78. The average molecular weight is 328 g/mol. The van der Waals surface area contributed by atoms with E-state index in [1.54, 1.807) is 18.2 Å². The number of benzene rings is 1. The van der Waals surface area contributed by atoms with Crippen LogP contribution in [0.4, 0.5) is 11.5 Å². The molecule has 0 bridgehead atoms. The van der Waals surface area contributed by atoms with E-state index >= 15 is 0 Å². The Morgan fingerprint density at radius 1 is 1.33 bits per heavy atom. The van der Waals surface area contributed by atoms with Gasteiger partial charge in [-0.25, -0.2) is 9.97 Å². The minimum atomic E-state index is -0.400. The number of nitrogens with zero attached hydrogens (tertiary/aromatic N) is 2. The molecule has 2 rings (SSSR count). The number of aromatic nitrogens is 2. The zero-order chi connectivity index (χ0) is 13.1.